The molecule has 0 aliphatic heterocycles. The van der Waals surface area contributed by atoms with Gasteiger partial charge in [0, 0.05) is 0 Å². The molecule has 0 spiro atoms. The van der Waals surface area contributed by atoms with E-state index in [2.05, 4.69) is 0 Å². The third kappa shape index (κ3) is 2.98. The van der Waals surface area contributed by atoms with Crippen LogP contribution in [0.2, 0.25) is 0 Å². The van der Waals surface area contributed by atoms with Crippen molar-refractivity contribution in [2.75, 3.05) is 0 Å². The lowest BCUT2D eigenvalue weighted by molar-refractivity contribution is 0.0696. The molecule has 0 radical (unpaired) electrons. The minimum Gasteiger partial charge on any atom is -0.490 e. The van der Waals surface area contributed by atoms with E-state index in [1.165, 1.54) is 0 Å². The van der Waals surface area contributed by atoms with Crippen molar-refractivity contribution in [2.24, 2.45) is 0 Å². The molecule has 0 aliphatic rings. The van der Waals surface area contributed by atoms with Crippen molar-refractivity contribution in [1.29, 1.82) is 0 Å². The number of rotatable bonds is 4. The van der Waals surface area contributed by atoms with Crippen LogP contribution in [0, 0.1) is 6.92 Å². The molecule has 0 saturated heterocycles. The van der Waals surface area contributed by atoms with E-state index in [0.29, 0.717) is 5.75 Å². The quantitative estimate of drug-likeness (QED) is 0.827. The summed E-state index contributed by atoms with van der Waals surface area (Å²) in [6.07, 6.45) is 1.00. The molecule has 3 nitrogen and oxygen atoms in total. The molecule has 0 heterocycles. The summed E-state index contributed by atoms with van der Waals surface area (Å²) in [4.78, 5) is 10.8. The van der Waals surface area contributed by atoms with Crippen LogP contribution in [0.5, 0.6) is 5.75 Å². The molecule has 3 heteroatoms. The fourth-order valence-corrected chi connectivity index (χ4v) is 1.16. The molecule has 0 amide bonds. The van der Waals surface area contributed by atoms with E-state index < -0.39 is 5.97 Å². The molecule has 1 atom stereocenters. The first-order valence-corrected chi connectivity index (χ1v) is 5.05. The van der Waals surface area contributed by atoms with Crippen LogP contribution in [0.25, 0.3) is 0 Å². The minimum atomic E-state index is -0.927. The molecule has 0 saturated carbocycles. The van der Waals surface area contributed by atoms with Crippen molar-refractivity contribution in [3.05, 3.63) is 29.3 Å². The first-order chi connectivity index (χ1) is 7.04. The number of ether oxygens (including phenoxy) is 1. The van der Waals surface area contributed by atoms with Crippen LogP contribution in [-0.4, -0.2) is 17.2 Å². The predicted molar refractivity (Wildman–Crippen MR) is 58.5 cm³/mol. The molecule has 0 fully saturated rings. The fourth-order valence-electron chi connectivity index (χ4n) is 1.16. The number of carbonyl (C=O) groups is 1. The number of carboxylic acid groups (broad SMARTS) is 1. The van der Waals surface area contributed by atoms with Gasteiger partial charge in [0.15, 0.2) is 0 Å². The average Bonchev–Trinajstić information content (AvgIpc) is 2.20. The minimum absolute atomic E-state index is 0.104. The van der Waals surface area contributed by atoms with E-state index in [0.717, 1.165) is 12.0 Å². The zero-order valence-corrected chi connectivity index (χ0v) is 9.28. The number of benzene rings is 1. The molecule has 0 aromatic heterocycles. The summed E-state index contributed by atoms with van der Waals surface area (Å²) in [5, 5.41) is 8.84. The van der Waals surface area contributed by atoms with E-state index in [1.54, 1.807) is 18.2 Å². The van der Waals surface area contributed by atoms with Crippen LogP contribution in [0.15, 0.2) is 18.2 Å². The smallest absolute Gasteiger partial charge is 0.335 e. The first-order valence-electron chi connectivity index (χ1n) is 5.05. The highest BCUT2D eigenvalue weighted by Gasteiger charge is 2.08. The lowest BCUT2D eigenvalue weighted by Crippen LogP contribution is -2.11. The lowest BCUT2D eigenvalue weighted by Gasteiger charge is -2.15. The molecule has 1 unspecified atom stereocenters. The van der Waals surface area contributed by atoms with Crippen molar-refractivity contribution >= 4 is 5.97 Å². The van der Waals surface area contributed by atoms with Gasteiger partial charge in [0.2, 0.25) is 0 Å². The predicted octanol–water partition coefficient (Wildman–Crippen LogP) is 2.87. The summed E-state index contributed by atoms with van der Waals surface area (Å²) in [5.74, 6) is -0.270. The van der Waals surface area contributed by atoms with Gasteiger partial charge in [-0.2, -0.15) is 0 Å². The Balaban J connectivity index is 2.95. The maximum atomic E-state index is 10.8. The highest BCUT2D eigenvalue weighted by atomic mass is 16.5. The first kappa shape index (κ1) is 11.6. The van der Waals surface area contributed by atoms with Crippen molar-refractivity contribution in [3.63, 3.8) is 0 Å². The Hall–Kier alpha value is -1.51. The summed E-state index contributed by atoms with van der Waals surface area (Å²) in [7, 11) is 0. The molecule has 15 heavy (non-hydrogen) atoms. The normalized spacial score (nSPS) is 12.2. The SMILES string of the molecule is CCC(C)Oc1cc(C(=O)O)ccc1C. The zero-order valence-electron chi connectivity index (χ0n) is 9.28. The van der Waals surface area contributed by atoms with Gasteiger partial charge in [-0.3, -0.25) is 0 Å². The Kier molecular flexibility index (Phi) is 3.72. The molecule has 1 aromatic rings. The van der Waals surface area contributed by atoms with Crippen LogP contribution >= 0.6 is 0 Å². The van der Waals surface area contributed by atoms with Crippen molar-refractivity contribution < 1.29 is 14.6 Å². The second kappa shape index (κ2) is 4.82. The van der Waals surface area contributed by atoms with Gasteiger partial charge in [0.1, 0.15) is 5.75 Å². The highest BCUT2D eigenvalue weighted by molar-refractivity contribution is 5.88. The van der Waals surface area contributed by atoms with Gasteiger partial charge >= 0.3 is 5.97 Å². The summed E-state index contributed by atoms with van der Waals surface area (Å²) in [6, 6.07) is 4.92. The van der Waals surface area contributed by atoms with Crippen molar-refractivity contribution in [2.45, 2.75) is 33.3 Å². The van der Waals surface area contributed by atoms with E-state index in [-0.39, 0.29) is 11.7 Å². The summed E-state index contributed by atoms with van der Waals surface area (Å²) >= 11 is 0. The Morgan fingerprint density at radius 1 is 1.53 bits per heavy atom. The summed E-state index contributed by atoms with van der Waals surface area (Å²) in [5.41, 5.74) is 1.22. The van der Waals surface area contributed by atoms with Gasteiger partial charge < -0.3 is 9.84 Å². The zero-order chi connectivity index (χ0) is 11.4. The van der Waals surface area contributed by atoms with E-state index in [1.807, 2.05) is 20.8 Å². The molecule has 0 aliphatic carbocycles. The van der Waals surface area contributed by atoms with E-state index >= 15 is 0 Å². The molecule has 1 N–H and O–H groups in total. The monoisotopic (exact) mass is 208 g/mol. The number of hydrogen-bond donors (Lipinski definition) is 1. The Bertz CT molecular complexity index is 358. The molecule has 82 valence electrons. The molecule has 1 rings (SSSR count). The standard InChI is InChI=1S/C12H16O3/c1-4-9(3)15-11-7-10(12(13)14)6-5-8(11)2/h5-7,9H,4H2,1-3H3,(H,13,14). The van der Waals surface area contributed by atoms with Gasteiger partial charge in [0.05, 0.1) is 11.7 Å². The summed E-state index contributed by atoms with van der Waals surface area (Å²) < 4.78 is 5.62. The van der Waals surface area contributed by atoms with E-state index in [4.69, 9.17) is 9.84 Å². The van der Waals surface area contributed by atoms with Gasteiger partial charge in [-0.25, -0.2) is 4.79 Å². The maximum Gasteiger partial charge on any atom is 0.335 e. The van der Waals surface area contributed by atoms with Crippen LogP contribution in [0.4, 0.5) is 0 Å². The van der Waals surface area contributed by atoms with E-state index in [9.17, 15) is 4.79 Å². The van der Waals surface area contributed by atoms with Crippen LogP contribution in [-0.2, 0) is 0 Å². The number of carboxylic acids is 1. The van der Waals surface area contributed by atoms with Crippen LogP contribution in [0.3, 0.4) is 0 Å². The third-order valence-corrected chi connectivity index (χ3v) is 2.34. The Labute approximate surface area is 89.7 Å². The number of aryl methyl sites for hydroxylation is 1. The number of hydrogen-bond acceptors (Lipinski definition) is 2. The maximum absolute atomic E-state index is 10.8. The summed E-state index contributed by atoms with van der Waals surface area (Å²) in [6.45, 7) is 5.90. The Morgan fingerprint density at radius 3 is 2.73 bits per heavy atom. The third-order valence-electron chi connectivity index (χ3n) is 2.34. The van der Waals surface area contributed by atoms with Crippen LogP contribution in [0.1, 0.15) is 36.2 Å². The van der Waals surface area contributed by atoms with Gasteiger partial charge in [0.25, 0.3) is 0 Å². The Morgan fingerprint density at radius 2 is 2.20 bits per heavy atom. The second-order valence-corrected chi connectivity index (χ2v) is 3.62. The molecule has 1 aromatic carbocycles. The molecular formula is C12H16O3. The fraction of sp³-hybridized carbons (Fsp3) is 0.417. The van der Waals surface area contributed by atoms with Gasteiger partial charge in [-0.05, 0) is 38.0 Å². The van der Waals surface area contributed by atoms with Crippen molar-refractivity contribution in [3.8, 4) is 5.75 Å². The largest absolute Gasteiger partial charge is 0.490 e. The topological polar surface area (TPSA) is 46.5 Å². The molecule has 0 bridgehead atoms. The van der Waals surface area contributed by atoms with Crippen LogP contribution < -0.4 is 4.74 Å². The highest BCUT2D eigenvalue weighted by Crippen LogP contribution is 2.21. The van der Waals surface area contributed by atoms with Gasteiger partial charge in [-0.1, -0.05) is 13.0 Å². The lowest BCUT2D eigenvalue weighted by atomic mass is 10.1. The number of aromatic carboxylic acids is 1. The second-order valence-electron chi connectivity index (χ2n) is 3.62. The molecular weight excluding hydrogens is 192 g/mol. The van der Waals surface area contributed by atoms with Gasteiger partial charge in [-0.15, -0.1) is 0 Å². The van der Waals surface area contributed by atoms with Crippen molar-refractivity contribution in [1.82, 2.24) is 0 Å². The average molecular weight is 208 g/mol.